The predicted molar refractivity (Wildman–Crippen MR) is 143 cm³/mol. The van der Waals surface area contributed by atoms with E-state index in [1.807, 2.05) is 0 Å². The van der Waals surface area contributed by atoms with Gasteiger partial charge in [0.1, 0.15) is 16.0 Å². The van der Waals surface area contributed by atoms with Crippen molar-refractivity contribution in [2.24, 2.45) is 0 Å². The number of hydrogen-bond donors (Lipinski definition) is 4. The maximum absolute atomic E-state index is 12.9. The Morgan fingerprint density at radius 1 is 1.08 bits per heavy atom. The van der Waals surface area contributed by atoms with Gasteiger partial charge in [-0.25, -0.2) is 23.3 Å². The van der Waals surface area contributed by atoms with E-state index >= 15 is 0 Å². The molecule has 4 rings (SSSR count). The Hall–Kier alpha value is -4.11. The number of benzene rings is 2. The number of carbonyl (C=O) groups excluding carboxylic acids is 2. The van der Waals surface area contributed by atoms with Gasteiger partial charge in [-0.1, -0.05) is 29.5 Å². The van der Waals surface area contributed by atoms with Crippen molar-refractivity contribution in [3.63, 3.8) is 0 Å². The third-order valence-corrected chi connectivity index (χ3v) is 8.85. The van der Waals surface area contributed by atoms with E-state index in [2.05, 4.69) is 20.4 Å². The van der Waals surface area contributed by atoms with E-state index in [-0.39, 0.29) is 28.8 Å². The summed E-state index contributed by atoms with van der Waals surface area (Å²) in [6.45, 7) is -0.160. The van der Waals surface area contributed by atoms with E-state index in [0.29, 0.717) is 11.3 Å². The lowest BCUT2D eigenvalue weighted by Crippen LogP contribution is -2.32. The zero-order chi connectivity index (χ0) is 28.0. The first kappa shape index (κ1) is 27.9. The van der Waals surface area contributed by atoms with E-state index in [4.69, 9.17) is 4.74 Å². The quantitative estimate of drug-likeness (QED) is 0.157. The smallest absolute Gasteiger partial charge is 0.268 e. The largest absolute Gasteiger partial charge is 0.497 e. The first-order valence-electron chi connectivity index (χ1n) is 11.6. The highest BCUT2D eigenvalue weighted by Gasteiger charge is 2.23. The molecule has 0 spiro atoms. The molecule has 0 fully saturated rings. The predicted octanol–water partition coefficient (Wildman–Crippen LogP) is 2.14. The molecule has 39 heavy (non-hydrogen) atoms. The number of aromatic nitrogens is 3. The monoisotopic (exact) mass is 570 g/mol. The Morgan fingerprint density at radius 3 is 2.44 bits per heavy atom. The zero-order valence-corrected chi connectivity index (χ0v) is 22.6. The molecule has 2 aromatic heterocycles. The van der Waals surface area contributed by atoms with Crippen molar-refractivity contribution >= 4 is 33.2 Å². The molecule has 0 saturated heterocycles. The standard InChI is InChI=1S/C25H26N6O6S2/c1-26-24(32)18-7-5-17(6-8-18)22-11-12-23(38-22)39(35,36)27-14-19-15-31(30-28-19)21(25(33)29-34)13-16-3-9-20(37-2)10-4-16/h3-12,15,21,27,34H,13-14H2,1-2H3,(H,26,32)(H,29,33). The van der Waals surface area contributed by atoms with Crippen LogP contribution in [0.4, 0.5) is 0 Å². The average molecular weight is 571 g/mol. The van der Waals surface area contributed by atoms with Gasteiger partial charge in [0.15, 0.2) is 0 Å². The second-order valence-electron chi connectivity index (χ2n) is 8.33. The summed E-state index contributed by atoms with van der Waals surface area (Å²) in [4.78, 5) is 24.8. The fourth-order valence-corrected chi connectivity index (χ4v) is 6.06. The van der Waals surface area contributed by atoms with Crippen LogP contribution >= 0.6 is 11.3 Å². The number of nitrogens with one attached hydrogen (secondary N) is 3. The van der Waals surface area contributed by atoms with Crippen molar-refractivity contribution in [3.8, 4) is 16.2 Å². The SMILES string of the molecule is CNC(=O)c1ccc(-c2ccc(S(=O)(=O)NCc3cn(C(Cc4ccc(OC)cc4)C(=O)NO)nn3)s2)cc1. The van der Waals surface area contributed by atoms with Gasteiger partial charge >= 0.3 is 0 Å². The molecule has 4 N–H and O–H groups in total. The highest BCUT2D eigenvalue weighted by atomic mass is 32.2. The summed E-state index contributed by atoms with van der Waals surface area (Å²) < 4.78 is 34.8. The molecule has 14 heteroatoms. The topological polar surface area (TPSA) is 165 Å². The van der Waals surface area contributed by atoms with Gasteiger partial charge in [-0.3, -0.25) is 14.8 Å². The van der Waals surface area contributed by atoms with Crippen molar-refractivity contribution in [2.45, 2.75) is 23.2 Å². The van der Waals surface area contributed by atoms with Crippen LogP contribution in [-0.4, -0.2) is 54.6 Å². The Balaban J connectivity index is 1.43. The minimum atomic E-state index is -3.86. The van der Waals surface area contributed by atoms with Crippen LogP contribution in [0.15, 0.2) is 71.1 Å². The highest BCUT2D eigenvalue weighted by Crippen LogP contribution is 2.31. The molecule has 1 unspecified atom stereocenters. The number of ether oxygens (including phenoxy) is 1. The van der Waals surface area contributed by atoms with Crippen molar-refractivity contribution in [1.29, 1.82) is 0 Å². The Bertz CT molecular complexity index is 1550. The molecule has 2 heterocycles. The summed E-state index contributed by atoms with van der Waals surface area (Å²) in [7, 11) is -0.764. The van der Waals surface area contributed by atoms with Crippen molar-refractivity contribution in [2.75, 3.05) is 14.2 Å². The molecule has 1 atom stereocenters. The Labute approximate surface area is 228 Å². The van der Waals surface area contributed by atoms with Crippen LogP contribution in [0.25, 0.3) is 10.4 Å². The fraction of sp³-hybridized carbons (Fsp3) is 0.200. The van der Waals surface area contributed by atoms with Crippen LogP contribution in [-0.2, 0) is 27.8 Å². The molecule has 0 bridgehead atoms. The number of thiophene rings is 1. The maximum atomic E-state index is 12.9. The molecule has 2 aromatic carbocycles. The number of carbonyl (C=O) groups is 2. The van der Waals surface area contributed by atoms with Crippen LogP contribution in [0.5, 0.6) is 5.75 Å². The molecule has 0 aliphatic rings. The summed E-state index contributed by atoms with van der Waals surface area (Å²) in [6, 6.07) is 16.2. The maximum Gasteiger partial charge on any atom is 0.268 e. The number of methoxy groups -OCH3 is 1. The van der Waals surface area contributed by atoms with Gasteiger partial charge in [-0.05, 0) is 47.5 Å². The van der Waals surface area contributed by atoms with Crippen molar-refractivity contribution < 1.29 is 28.0 Å². The normalized spacial score (nSPS) is 12.1. The highest BCUT2D eigenvalue weighted by molar-refractivity contribution is 7.91. The molecule has 4 aromatic rings. The van der Waals surface area contributed by atoms with E-state index < -0.39 is 22.0 Å². The number of rotatable bonds is 11. The van der Waals surface area contributed by atoms with Crippen LogP contribution in [0.3, 0.4) is 0 Å². The average Bonchev–Trinajstić information content (AvgIpc) is 3.65. The molecule has 0 radical (unpaired) electrons. The number of hydroxylamine groups is 1. The Morgan fingerprint density at radius 2 is 1.79 bits per heavy atom. The van der Waals surface area contributed by atoms with E-state index in [1.54, 1.807) is 74.2 Å². The molecular formula is C25H26N6O6S2. The summed E-state index contributed by atoms with van der Waals surface area (Å²) in [5, 5.41) is 19.7. The van der Waals surface area contributed by atoms with Gasteiger partial charge in [0, 0.05) is 23.9 Å². The molecular weight excluding hydrogens is 544 g/mol. The zero-order valence-electron chi connectivity index (χ0n) is 21.0. The third-order valence-electron chi connectivity index (χ3n) is 5.83. The summed E-state index contributed by atoms with van der Waals surface area (Å²) in [5.41, 5.74) is 3.99. The lowest BCUT2D eigenvalue weighted by atomic mass is 10.1. The van der Waals surface area contributed by atoms with Crippen LogP contribution < -0.4 is 20.3 Å². The fourth-order valence-electron chi connectivity index (χ4n) is 3.70. The molecule has 0 aliphatic carbocycles. The molecule has 2 amide bonds. The van der Waals surface area contributed by atoms with Crippen LogP contribution in [0.2, 0.25) is 0 Å². The summed E-state index contributed by atoms with van der Waals surface area (Å²) >= 11 is 1.09. The lowest BCUT2D eigenvalue weighted by molar-refractivity contribution is -0.133. The molecule has 204 valence electrons. The second-order valence-corrected chi connectivity index (χ2v) is 11.4. The Kier molecular flexibility index (Phi) is 8.71. The minimum absolute atomic E-state index is 0.109. The van der Waals surface area contributed by atoms with Gasteiger partial charge in [0.05, 0.1) is 25.5 Å². The van der Waals surface area contributed by atoms with Crippen molar-refractivity contribution in [1.82, 2.24) is 30.5 Å². The molecule has 12 nitrogen and oxygen atoms in total. The van der Waals surface area contributed by atoms with Gasteiger partial charge < -0.3 is 10.1 Å². The number of amides is 2. The lowest BCUT2D eigenvalue weighted by Gasteiger charge is -2.15. The minimum Gasteiger partial charge on any atom is -0.497 e. The number of hydrogen-bond acceptors (Lipinski definition) is 9. The first-order valence-corrected chi connectivity index (χ1v) is 13.9. The summed E-state index contributed by atoms with van der Waals surface area (Å²) in [6.07, 6.45) is 1.65. The van der Waals surface area contributed by atoms with Crippen LogP contribution in [0, 0.1) is 0 Å². The summed E-state index contributed by atoms with van der Waals surface area (Å²) in [5.74, 6) is -0.243. The van der Waals surface area contributed by atoms with E-state index in [0.717, 1.165) is 27.3 Å². The first-order chi connectivity index (χ1) is 18.7. The van der Waals surface area contributed by atoms with Gasteiger partial charge in [0.25, 0.3) is 11.8 Å². The van der Waals surface area contributed by atoms with Crippen LogP contribution in [0.1, 0.15) is 27.7 Å². The third kappa shape index (κ3) is 6.67. The number of sulfonamides is 1. The van der Waals surface area contributed by atoms with E-state index in [1.165, 1.54) is 16.9 Å². The molecule has 0 saturated carbocycles. The number of nitrogens with zero attached hydrogens (tertiary/aromatic N) is 3. The van der Waals surface area contributed by atoms with Gasteiger partial charge in [0.2, 0.25) is 10.0 Å². The van der Waals surface area contributed by atoms with Crippen molar-refractivity contribution in [3.05, 3.63) is 83.7 Å². The molecule has 0 aliphatic heterocycles. The second kappa shape index (κ2) is 12.2. The van der Waals surface area contributed by atoms with Gasteiger partial charge in [-0.2, -0.15) is 0 Å². The van der Waals surface area contributed by atoms with Gasteiger partial charge in [-0.15, -0.1) is 16.4 Å². The van der Waals surface area contributed by atoms with E-state index in [9.17, 15) is 23.2 Å².